The van der Waals surface area contributed by atoms with Crippen molar-refractivity contribution in [1.29, 1.82) is 0 Å². The van der Waals surface area contributed by atoms with Crippen molar-refractivity contribution < 1.29 is 19.1 Å². The van der Waals surface area contributed by atoms with Crippen LogP contribution in [0.2, 0.25) is 0 Å². The maximum atomic E-state index is 12.4. The van der Waals surface area contributed by atoms with E-state index in [1.54, 1.807) is 0 Å². The van der Waals surface area contributed by atoms with Gasteiger partial charge in [0.1, 0.15) is 6.04 Å². The molecule has 0 bridgehead atoms. The Balaban J connectivity index is 1.81. The topological polar surface area (TPSA) is 84.5 Å². The summed E-state index contributed by atoms with van der Waals surface area (Å²) in [5.41, 5.74) is 0.872. The van der Waals surface area contributed by atoms with Crippen LogP contribution in [0.5, 0.6) is 0 Å². The van der Waals surface area contributed by atoms with Gasteiger partial charge in [0.05, 0.1) is 6.42 Å². The van der Waals surface area contributed by atoms with Crippen molar-refractivity contribution in [2.45, 2.75) is 65.0 Å². The SMILES string of the molecule is CC(C)[C@H](NC(=O)Cc1ccccc1)C(=O)OCC(=O)N[C@@H]1CCCC[C@H]1C. The Morgan fingerprint density at radius 3 is 2.39 bits per heavy atom. The zero-order valence-corrected chi connectivity index (χ0v) is 17.1. The summed E-state index contributed by atoms with van der Waals surface area (Å²) in [6.07, 6.45) is 4.56. The second kappa shape index (κ2) is 10.8. The van der Waals surface area contributed by atoms with Crippen LogP contribution < -0.4 is 10.6 Å². The minimum Gasteiger partial charge on any atom is -0.454 e. The molecule has 154 valence electrons. The molecule has 28 heavy (non-hydrogen) atoms. The number of nitrogens with one attached hydrogen (secondary N) is 2. The molecule has 1 aliphatic rings. The number of carbonyl (C=O) groups excluding carboxylic acids is 3. The smallest absolute Gasteiger partial charge is 0.329 e. The van der Waals surface area contributed by atoms with Crippen molar-refractivity contribution in [2.24, 2.45) is 11.8 Å². The van der Waals surface area contributed by atoms with Gasteiger partial charge < -0.3 is 15.4 Å². The third kappa shape index (κ3) is 6.98. The Hall–Kier alpha value is -2.37. The van der Waals surface area contributed by atoms with Crippen LogP contribution in [0.3, 0.4) is 0 Å². The number of benzene rings is 1. The first-order valence-electron chi connectivity index (χ1n) is 10.2. The second-order valence-corrected chi connectivity index (χ2v) is 8.00. The molecule has 6 heteroatoms. The maximum Gasteiger partial charge on any atom is 0.329 e. The lowest BCUT2D eigenvalue weighted by Crippen LogP contribution is -2.47. The summed E-state index contributed by atoms with van der Waals surface area (Å²) in [4.78, 5) is 36.8. The molecule has 0 saturated heterocycles. The van der Waals surface area contributed by atoms with Crippen molar-refractivity contribution in [1.82, 2.24) is 10.6 Å². The van der Waals surface area contributed by atoms with Gasteiger partial charge in [0, 0.05) is 6.04 Å². The summed E-state index contributed by atoms with van der Waals surface area (Å²) in [6, 6.07) is 8.70. The zero-order chi connectivity index (χ0) is 20.5. The van der Waals surface area contributed by atoms with Gasteiger partial charge in [-0.2, -0.15) is 0 Å². The minimum atomic E-state index is -0.780. The fourth-order valence-corrected chi connectivity index (χ4v) is 3.51. The summed E-state index contributed by atoms with van der Waals surface area (Å²) in [6.45, 7) is 5.48. The molecule has 0 spiro atoms. The molecule has 2 amide bonds. The van der Waals surface area contributed by atoms with Crippen LogP contribution in [0, 0.1) is 11.8 Å². The van der Waals surface area contributed by atoms with Crippen LogP contribution in [-0.2, 0) is 25.5 Å². The Kier molecular flexibility index (Phi) is 8.48. The molecular weight excluding hydrogens is 356 g/mol. The quantitative estimate of drug-likeness (QED) is 0.671. The van der Waals surface area contributed by atoms with Crippen LogP contribution in [-0.4, -0.2) is 36.5 Å². The Bertz CT molecular complexity index is 660. The Morgan fingerprint density at radius 1 is 1.07 bits per heavy atom. The van der Waals surface area contributed by atoms with Crippen LogP contribution in [0.25, 0.3) is 0 Å². The van der Waals surface area contributed by atoms with Gasteiger partial charge in [0.25, 0.3) is 5.91 Å². The molecule has 2 rings (SSSR count). The normalized spacial score (nSPS) is 20.3. The van der Waals surface area contributed by atoms with Crippen molar-refractivity contribution in [3.63, 3.8) is 0 Å². The van der Waals surface area contributed by atoms with Crippen molar-refractivity contribution in [3.8, 4) is 0 Å². The molecule has 1 fully saturated rings. The fourth-order valence-electron chi connectivity index (χ4n) is 3.51. The van der Waals surface area contributed by atoms with Crippen molar-refractivity contribution in [3.05, 3.63) is 35.9 Å². The number of hydrogen-bond donors (Lipinski definition) is 2. The van der Waals surface area contributed by atoms with E-state index < -0.39 is 12.0 Å². The lowest BCUT2D eigenvalue weighted by atomic mass is 9.86. The van der Waals surface area contributed by atoms with E-state index in [9.17, 15) is 14.4 Å². The summed E-state index contributed by atoms with van der Waals surface area (Å²) in [5, 5.41) is 5.69. The molecule has 0 aromatic heterocycles. The largest absolute Gasteiger partial charge is 0.454 e. The molecule has 1 aliphatic carbocycles. The number of rotatable bonds is 8. The zero-order valence-electron chi connectivity index (χ0n) is 17.1. The van der Waals surface area contributed by atoms with Gasteiger partial charge in [0.2, 0.25) is 5.91 Å². The average molecular weight is 389 g/mol. The second-order valence-electron chi connectivity index (χ2n) is 8.00. The van der Waals surface area contributed by atoms with E-state index in [4.69, 9.17) is 4.74 Å². The van der Waals surface area contributed by atoms with Crippen LogP contribution in [0.4, 0.5) is 0 Å². The first-order chi connectivity index (χ1) is 13.4. The molecule has 6 nitrogen and oxygen atoms in total. The highest BCUT2D eigenvalue weighted by Crippen LogP contribution is 2.23. The van der Waals surface area contributed by atoms with Crippen molar-refractivity contribution in [2.75, 3.05) is 6.61 Å². The van der Waals surface area contributed by atoms with E-state index in [-0.39, 0.29) is 36.8 Å². The van der Waals surface area contributed by atoms with E-state index in [1.807, 2.05) is 44.2 Å². The molecule has 0 heterocycles. The van der Waals surface area contributed by atoms with Gasteiger partial charge in [-0.3, -0.25) is 9.59 Å². The third-order valence-corrected chi connectivity index (χ3v) is 5.25. The predicted octanol–water partition coefficient (Wildman–Crippen LogP) is 2.61. The highest BCUT2D eigenvalue weighted by atomic mass is 16.5. The van der Waals surface area contributed by atoms with Crippen LogP contribution in [0.1, 0.15) is 52.0 Å². The monoisotopic (exact) mass is 388 g/mol. The van der Waals surface area contributed by atoms with Crippen LogP contribution >= 0.6 is 0 Å². The highest BCUT2D eigenvalue weighted by Gasteiger charge is 2.27. The van der Waals surface area contributed by atoms with Crippen LogP contribution in [0.15, 0.2) is 30.3 Å². The number of carbonyl (C=O) groups is 3. The third-order valence-electron chi connectivity index (χ3n) is 5.25. The van der Waals surface area contributed by atoms with Gasteiger partial charge in [-0.1, -0.05) is 63.9 Å². The number of ether oxygens (including phenoxy) is 1. The summed E-state index contributed by atoms with van der Waals surface area (Å²) in [5.74, 6) is -0.821. The molecule has 0 unspecified atom stereocenters. The van der Waals surface area contributed by atoms with E-state index in [0.717, 1.165) is 24.8 Å². The first kappa shape index (κ1) is 21.9. The van der Waals surface area contributed by atoms with E-state index in [0.29, 0.717) is 5.92 Å². The standard InChI is InChI=1S/C22H32N2O4/c1-15(2)21(24-19(25)13-17-10-5-4-6-11-17)22(27)28-14-20(26)23-18-12-8-7-9-16(18)3/h4-6,10-11,15-16,18,21H,7-9,12-14H2,1-3H3,(H,23,26)(H,24,25)/t16-,18-,21+/m1/s1. The molecule has 1 aromatic carbocycles. The minimum absolute atomic E-state index is 0.145. The first-order valence-corrected chi connectivity index (χ1v) is 10.2. The molecule has 1 saturated carbocycles. The molecule has 0 radical (unpaired) electrons. The predicted molar refractivity (Wildman–Crippen MR) is 107 cm³/mol. The Morgan fingerprint density at radius 2 is 1.75 bits per heavy atom. The van der Waals surface area contributed by atoms with E-state index in [2.05, 4.69) is 17.6 Å². The molecular formula is C22H32N2O4. The molecule has 2 N–H and O–H groups in total. The Labute approximate surface area is 167 Å². The van der Waals surface area contributed by atoms with Crippen molar-refractivity contribution >= 4 is 17.8 Å². The van der Waals surface area contributed by atoms with Gasteiger partial charge in [0.15, 0.2) is 6.61 Å². The van der Waals surface area contributed by atoms with E-state index in [1.165, 1.54) is 6.42 Å². The number of esters is 1. The lowest BCUT2D eigenvalue weighted by Gasteiger charge is -2.29. The van der Waals surface area contributed by atoms with Gasteiger partial charge >= 0.3 is 5.97 Å². The summed E-state index contributed by atoms with van der Waals surface area (Å²) < 4.78 is 5.19. The molecule has 3 atom stereocenters. The van der Waals surface area contributed by atoms with Gasteiger partial charge in [-0.15, -0.1) is 0 Å². The maximum absolute atomic E-state index is 12.4. The fraction of sp³-hybridized carbons (Fsp3) is 0.591. The number of amides is 2. The summed E-state index contributed by atoms with van der Waals surface area (Å²) in [7, 11) is 0. The summed E-state index contributed by atoms with van der Waals surface area (Å²) >= 11 is 0. The molecule has 1 aromatic rings. The van der Waals surface area contributed by atoms with E-state index >= 15 is 0 Å². The van der Waals surface area contributed by atoms with Gasteiger partial charge in [-0.25, -0.2) is 4.79 Å². The number of hydrogen-bond acceptors (Lipinski definition) is 4. The molecule has 0 aliphatic heterocycles. The average Bonchev–Trinajstić information content (AvgIpc) is 2.66. The lowest BCUT2D eigenvalue weighted by molar-refractivity contribution is -0.153. The van der Waals surface area contributed by atoms with Gasteiger partial charge in [-0.05, 0) is 30.2 Å². The highest BCUT2D eigenvalue weighted by molar-refractivity contribution is 5.87.